The third-order valence-electron chi connectivity index (χ3n) is 2.84. The summed E-state index contributed by atoms with van der Waals surface area (Å²) in [5.41, 5.74) is 7.64. The number of methoxy groups -OCH3 is 1. The van der Waals surface area contributed by atoms with Gasteiger partial charge in [0.15, 0.2) is 0 Å². The predicted octanol–water partition coefficient (Wildman–Crippen LogP) is 2.81. The Hall–Kier alpha value is -2.60. The number of nitrogens with two attached hydrogens (primary N) is 1. The first-order valence-corrected chi connectivity index (χ1v) is 6.02. The second-order valence-electron chi connectivity index (χ2n) is 4.17. The molecule has 0 saturated heterocycles. The number of nitrogens with one attached hydrogen (secondary N) is 1. The van der Waals surface area contributed by atoms with E-state index in [-0.39, 0.29) is 5.69 Å². The zero-order chi connectivity index (χ0) is 14.5. The summed E-state index contributed by atoms with van der Waals surface area (Å²) in [6, 6.07) is 12.1. The monoisotopic (exact) mass is 273 g/mol. The highest BCUT2D eigenvalue weighted by Gasteiger charge is 2.15. The van der Waals surface area contributed by atoms with Crippen LogP contribution >= 0.6 is 0 Å². The highest BCUT2D eigenvalue weighted by Crippen LogP contribution is 2.31. The van der Waals surface area contributed by atoms with E-state index >= 15 is 0 Å². The third kappa shape index (κ3) is 3.04. The van der Waals surface area contributed by atoms with Crippen LogP contribution in [0.25, 0.3) is 0 Å². The van der Waals surface area contributed by atoms with Gasteiger partial charge in [-0.15, -0.1) is 0 Å². The molecule has 0 fully saturated rings. The Balaban J connectivity index is 2.34. The number of nitro groups is 1. The van der Waals surface area contributed by atoms with Gasteiger partial charge in [-0.1, -0.05) is 12.1 Å². The molecule has 6 nitrogen and oxygen atoms in total. The number of benzene rings is 2. The molecule has 0 bridgehead atoms. The van der Waals surface area contributed by atoms with Crippen molar-refractivity contribution in [3.63, 3.8) is 0 Å². The minimum Gasteiger partial charge on any atom is -0.496 e. The second-order valence-corrected chi connectivity index (χ2v) is 4.17. The Morgan fingerprint density at radius 1 is 1.30 bits per heavy atom. The summed E-state index contributed by atoms with van der Waals surface area (Å²) in [4.78, 5) is 10.6. The molecule has 0 aliphatic heterocycles. The molecule has 0 radical (unpaired) electrons. The van der Waals surface area contributed by atoms with Crippen molar-refractivity contribution in [2.45, 2.75) is 6.54 Å². The fourth-order valence-corrected chi connectivity index (χ4v) is 1.83. The van der Waals surface area contributed by atoms with Crippen molar-refractivity contribution in [1.29, 1.82) is 0 Å². The number of hydrogen-bond acceptors (Lipinski definition) is 5. The maximum Gasteiger partial charge on any atom is 0.296 e. The lowest BCUT2D eigenvalue weighted by molar-refractivity contribution is -0.384. The molecule has 20 heavy (non-hydrogen) atoms. The zero-order valence-corrected chi connectivity index (χ0v) is 11.0. The SMILES string of the molecule is COc1ccc(Nc2cccc(CN)c2)c([N+](=O)[O-])c1. The van der Waals surface area contributed by atoms with Crippen LogP contribution in [-0.4, -0.2) is 12.0 Å². The number of anilines is 2. The van der Waals surface area contributed by atoms with Crippen molar-refractivity contribution in [3.8, 4) is 5.75 Å². The molecule has 6 heteroatoms. The number of nitro benzene ring substituents is 1. The van der Waals surface area contributed by atoms with E-state index in [1.807, 2.05) is 24.3 Å². The lowest BCUT2D eigenvalue weighted by Crippen LogP contribution is -2.00. The first kappa shape index (κ1) is 13.8. The van der Waals surface area contributed by atoms with Gasteiger partial charge >= 0.3 is 0 Å². The van der Waals surface area contributed by atoms with Gasteiger partial charge in [0.05, 0.1) is 18.1 Å². The topological polar surface area (TPSA) is 90.4 Å². The molecule has 2 aromatic rings. The average Bonchev–Trinajstić information content (AvgIpc) is 2.47. The van der Waals surface area contributed by atoms with Crippen molar-refractivity contribution >= 4 is 17.1 Å². The maximum absolute atomic E-state index is 11.1. The van der Waals surface area contributed by atoms with E-state index in [4.69, 9.17) is 10.5 Å². The van der Waals surface area contributed by atoms with Gasteiger partial charge in [-0.2, -0.15) is 0 Å². The molecule has 0 atom stereocenters. The molecule has 104 valence electrons. The van der Waals surface area contributed by atoms with Crippen LogP contribution in [-0.2, 0) is 6.54 Å². The van der Waals surface area contributed by atoms with Gasteiger partial charge in [0.1, 0.15) is 11.4 Å². The lowest BCUT2D eigenvalue weighted by Gasteiger charge is -2.09. The van der Waals surface area contributed by atoms with Crippen molar-refractivity contribution in [2.75, 3.05) is 12.4 Å². The molecule has 0 aliphatic carbocycles. The minimum atomic E-state index is -0.447. The number of rotatable bonds is 5. The van der Waals surface area contributed by atoms with Crippen LogP contribution in [0.4, 0.5) is 17.1 Å². The first-order chi connectivity index (χ1) is 9.63. The van der Waals surface area contributed by atoms with Gasteiger partial charge in [0, 0.05) is 12.2 Å². The lowest BCUT2D eigenvalue weighted by atomic mass is 10.2. The normalized spacial score (nSPS) is 10.1. The molecule has 0 aliphatic rings. The van der Waals surface area contributed by atoms with Gasteiger partial charge < -0.3 is 15.8 Å². The Kier molecular flexibility index (Phi) is 4.17. The van der Waals surface area contributed by atoms with Crippen LogP contribution in [0.5, 0.6) is 5.75 Å². The highest BCUT2D eigenvalue weighted by atomic mass is 16.6. The summed E-state index contributed by atoms with van der Waals surface area (Å²) in [5.74, 6) is 0.443. The zero-order valence-electron chi connectivity index (χ0n) is 11.0. The van der Waals surface area contributed by atoms with E-state index in [1.165, 1.54) is 13.2 Å². The van der Waals surface area contributed by atoms with Gasteiger partial charge in [0.2, 0.25) is 0 Å². The van der Waals surface area contributed by atoms with Crippen LogP contribution in [0.3, 0.4) is 0 Å². The Labute approximate surface area is 116 Å². The fraction of sp³-hybridized carbons (Fsp3) is 0.143. The largest absolute Gasteiger partial charge is 0.496 e. The molecular formula is C14H15N3O3. The third-order valence-corrected chi connectivity index (χ3v) is 2.84. The van der Waals surface area contributed by atoms with Crippen LogP contribution in [0, 0.1) is 10.1 Å². The summed E-state index contributed by atoms with van der Waals surface area (Å²) >= 11 is 0. The van der Waals surface area contributed by atoms with E-state index in [1.54, 1.807) is 12.1 Å². The van der Waals surface area contributed by atoms with Gasteiger partial charge in [-0.05, 0) is 29.8 Å². The predicted molar refractivity (Wildman–Crippen MR) is 77.3 cm³/mol. The second kappa shape index (κ2) is 6.03. The number of hydrogen-bond donors (Lipinski definition) is 2. The van der Waals surface area contributed by atoms with Gasteiger partial charge in [-0.3, -0.25) is 10.1 Å². The highest BCUT2D eigenvalue weighted by molar-refractivity contribution is 5.71. The molecule has 0 spiro atoms. The standard InChI is InChI=1S/C14H15N3O3/c1-20-12-5-6-13(14(8-12)17(18)19)16-11-4-2-3-10(7-11)9-15/h2-8,16H,9,15H2,1H3. The summed E-state index contributed by atoms with van der Waals surface area (Å²) in [5, 5.41) is 14.1. The fourth-order valence-electron chi connectivity index (χ4n) is 1.83. The van der Waals surface area contributed by atoms with Crippen molar-refractivity contribution in [1.82, 2.24) is 0 Å². The minimum absolute atomic E-state index is 0.0394. The van der Waals surface area contributed by atoms with E-state index in [9.17, 15) is 10.1 Å². The molecule has 0 aromatic heterocycles. The molecule has 0 amide bonds. The van der Waals surface area contributed by atoms with E-state index in [0.717, 1.165) is 11.3 Å². The van der Waals surface area contributed by atoms with Crippen LogP contribution in [0.15, 0.2) is 42.5 Å². The van der Waals surface area contributed by atoms with Crippen molar-refractivity contribution in [3.05, 3.63) is 58.1 Å². The van der Waals surface area contributed by atoms with Crippen LogP contribution < -0.4 is 15.8 Å². The molecular weight excluding hydrogens is 258 g/mol. The summed E-state index contributed by atoms with van der Waals surface area (Å²) < 4.78 is 5.00. The Morgan fingerprint density at radius 2 is 2.10 bits per heavy atom. The van der Waals surface area contributed by atoms with Crippen LogP contribution in [0.1, 0.15) is 5.56 Å². The first-order valence-electron chi connectivity index (χ1n) is 6.02. The van der Waals surface area contributed by atoms with Gasteiger partial charge in [0.25, 0.3) is 5.69 Å². The maximum atomic E-state index is 11.1. The number of ether oxygens (including phenoxy) is 1. The Bertz CT molecular complexity index is 629. The quantitative estimate of drug-likeness (QED) is 0.645. The van der Waals surface area contributed by atoms with Crippen LogP contribution in [0.2, 0.25) is 0 Å². The summed E-state index contributed by atoms with van der Waals surface area (Å²) in [6.07, 6.45) is 0. The smallest absolute Gasteiger partial charge is 0.296 e. The molecule has 2 aromatic carbocycles. The number of nitrogens with zero attached hydrogens (tertiary/aromatic N) is 1. The van der Waals surface area contributed by atoms with E-state index in [2.05, 4.69) is 5.32 Å². The average molecular weight is 273 g/mol. The summed E-state index contributed by atoms with van der Waals surface area (Å²) in [6.45, 7) is 0.417. The van der Waals surface area contributed by atoms with Crippen molar-refractivity contribution < 1.29 is 9.66 Å². The molecule has 2 rings (SSSR count). The van der Waals surface area contributed by atoms with Gasteiger partial charge in [-0.25, -0.2) is 0 Å². The molecule has 0 unspecified atom stereocenters. The molecule has 0 saturated carbocycles. The molecule has 0 heterocycles. The van der Waals surface area contributed by atoms with E-state index in [0.29, 0.717) is 18.0 Å². The van der Waals surface area contributed by atoms with Crippen molar-refractivity contribution in [2.24, 2.45) is 5.73 Å². The van der Waals surface area contributed by atoms with E-state index < -0.39 is 4.92 Å². The Morgan fingerprint density at radius 3 is 2.75 bits per heavy atom. The molecule has 3 N–H and O–H groups in total. The summed E-state index contributed by atoms with van der Waals surface area (Å²) in [7, 11) is 1.47.